The first-order valence-electron chi connectivity index (χ1n) is 9.01. The average Bonchev–Trinajstić information content (AvgIpc) is 3.04. The number of nitriles is 1. The molecular formula is C18H33N3. The van der Waals surface area contributed by atoms with E-state index >= 15 is 0 Å². The van der Waals surface area contributed by atoms with Crippen molar-refractivity contribution < 1.29 is 0 Å². The fourth-order valence-corrected chi connectivity index (χ4v) is 4.45. The van der Waals surface area contributed by atoms with Gasteiger partial charge in [-0.2, -0.15) is 5.26 Å². The summed E-state index contributed by atoms with van der Waals surface area (Å²) in [5.41, 5.74) is -0.253. The Bertz CT molecular complexity index is 360. The van der Waals surface area contributed by atoms with Crippen LogP contribution in [0, 0.1) is 23.2 Å². The average molecular weight is 291 g/mol. The van der Waals surface area contributed by atoms with Gasteiger partial charge in [0.2, 0.25) is 0 Å². The second kappa shape index (κ2) is 7.61. The molecule has 3 unspecified atom stereocenters. The van der Waals surface area contributed by atoms with Crippen LogP contribution < -0.4 is 5.32 Å². The van der Waals surface area contributed by atoms with Gasteiger partial charge in [-0.15, -0.1) is 0 Å². The summed E-state index contributed by atoms with van der Waals surface area (Å²) in [6.45, 7) is 10.4. The van der Waals surface area contributed by atoms with Gasteiger partial charge in [-0.1, -0.05) is 19.8 Å². The Morgan fingerprint density at radius 3 is 2.81 bits per heavy atom. The van der Waals surface area contributed by atoms with Crippen molar-refractivity contribution in [2.24, 2.45) is 11.8 Å². The molecule has 0 radical (unpaired) electrons. The third kappa shape index (κ3) is 4.20. The maximum absolute atomic E-state index is 9.71. The molecule has 2 aliphatic rings. The van der Waals surface area contributed by atoms with Gasteiger partial charge in [0.15, 0.2) is 0 Å². The predicted octanol–water partition coefficient (Wildman–Crippen LogP) is 3.56. The minimum absolute atomic E-state index is 0.253. The molecule has 3 atom stereocenters. The highest BCUT2D eigenvalue weighted by Crippen LogP contribution is 2.38. The lowest BCUT2D eigenvalue weighted by Gasteiger charge is -2.33. The number of nitrogens with zero attached hydrogens (tertiary/aromatic N) is 2. The van der Waals surface area contributed by atoms with Gasteiger partial charge < -0.3 is 4.90 Å². The van der Waals surface area contributed by atoms with Gasteiger partial charge in [-0.05, 0) is 70.9 Å². The Morgan fingerprint density at radius 1 is 1.33 bits per heavy atom. The molecule has 1 saturated carbocycles. The quantitative estimate of drug-likeness (QED) is 0.779. The Kier molecular flexibility index (Phi) is 6.08. The molecule has 1 saturated heterocycles. The van der Waals surface area contributed by atoms with E-state index in [0.717, 1.165) is 12.3 Å². The van der Waals surface area contributed by atoms with E-state index in [4.69, 9.17) is 0 Å². The smallest absolute Gasteiger partial charge is 0.109 e. The molecule has 3 heteroatoms. The van der Waals surface area contributed by atoms with E-state index in [0.29, 0.717) is 12.0 Å². The van der Waals surface area contributed by atoms with Gasteiger partial charge in [0.1, 0.15) is 5.54 Å². The number of hydrogen-bond acceptors (Lipinski definition) is 3. The summed E-state index contributed by atoms with van der Waals surface area (Å²) in [6, 6.07) is 3.03. The zero-order valence-electron chi connectivity index (χ0n) is 14.2. The van der Waals surface area contributed by atoms with Crippen molar-refractivity contribution in [3.8, 4) is 6.07 Å². The lowest BCUT2D eigenvalue weighted by atomic mass is 9.85. The summed E-state index contributed by atoms with van der Waals surface area (Å²) in [5, 5.41) is 13.3. The Hall–Kier alpha value is -0.590. The Morgan fingerprint density at radius 2 is 2.14 bits per heavy atom. The highest BCUT2D eigenvalue weighted by Gasteiger charge is 2.43. The first kappa shape index (κ1) is 16.8. The maximum atomic E-state index is 9.71. The molecule has 1 aliphatic heterocycles. The molecule has 3 nitrogen and oxygen atoms in total. The van der Waals surface area contributed by atoms with Crippen molar-refractivity contribution in [1.29, 1.82) is 5.26 Å². The third-order valence-electron chi connectivity index (χ3n) is 5.43. The maximum Gasteiger partial charge on any atom is 0.109 e. The summed E-state index contributed by atoms with van der Waals surface area (Å²) >= 11 is 0. The molecule has 1 N–H and O–H groups in total. The molecule has 120 valence electrons. The Balaban J connectivity index is 1.83. The summed E-state index contributed by atoms with van der Waals surface area (Å²) in [7, 11) is 0. The monoisotopic (exact) mass is 291 g/mol. The van der Waals surface area contributed by atoms with Crippen molar-refractivity contribution >= 4 is 0 Å². The van der Waals surface area contributed by atoms with Crippen LogP contribution in [0.15, 0.2) is 0 Å². The summed E-state index contributed by atoms with van der Waals surface area (Å²) < 4.78 is 0. The van der Waals surface area contributed by atoms with Crippen LogP contribution in [0.4, 0.5) is 0 Å². The molecular weight excluding hydrogens is 258 g/mol. The second-order valence-corrected chi connectivity index (χ2v) is 7.50. The summed E-state index contributed by atoms with van der Waals surface area (Å²) in [4.78, 5) is 2.64. The van der Waals surface area contributed by atoms with Crippen LogP contribution in [0.25, 0.3) is 0 Å². The van der Waals surface area contributed by atoms with Crippen molar-refractivity contribution in [3.63, 3.8) is 0 Å². The zero-order chi connectivity index (χ0) is 15.3. The molecule has 1 heterocycles. The minimum atomic E-state index is -0.253. The highest BCUT2D eigenvalue weighted by molar-refractivity contribution is 5.14. The van der Waals surface area contributed by atoms with Crippen molar-refractivity contribution in [3.05, 3.63) is 0 Å². The summed E-state index contributed by atoms with van der Waals surface area (Å²) in [6.07, 6.45) is 8.73. The summed E-state index contributed by atoms with van der Waals surface area (Å²) in [5.74, 6) is 1.46. The molecule has 0 spiro atoms. The van der Waals surface area contributed by atoms with E-state index in [1.54, 1.807) is 0 Å². The van der Waals surface area contributed by atoms with Gasteiger partial charge in [-0.25, -0.2) is 0 Å². The molecule has 21 heavy (non-hydrogen) atoms. The van der Waals surface area contributed by atoms with Crippen molar-refractivity contribution in [1.82, 2.24) is 10.2 Å². The van der Waals surface area contributed by atoms with Crippen LogP contribution in [-0.2, 0) is 0 Å². The third-order valence-corrected chi connectivity index (χ3v) is 5.43. The predicted molar refractivity (Wildman–Crippen MR) is 88.0 cm³/mol. The molecule has 0 amide bonds. The molecule has 2 rings (SSSR count). The molecule has 0 aromatic rings. The van der Waals surface area contributed by atoms with Gasteiger partial charge in [-0.3, -0.25) is 5.32 Å². The largest absolute Gasteiger partial charge is 0.303 e. The number of rotatable bonds is 7. The van der Waals surface area contributed by atoms with E-state index in [1.807, 2.05) is 0 Å². The number of nitrogens with one attached hydrogen (secondary N) is 1. The second-order valence-electron chi connectivity index (χ2n) is 7.50. The molecule has 0 bridgehead atoms. The van der Waals surface area contributed by atoms with Crippen LogP contribution in [-0.4, -0.2) is 36.1 Å². The highest BCUT2D eigenvalue weighted by atomic mass is 15.1. The van der Waals surface area contributed by atoms with E-state index in [9.17, 15) is 5.26 Å². The lowest BCUT2D eigenvalue weighted by molar-refractivity contribution is 0.236. The van der Waals surface area contributed by atoms with Gasteiger partial charge in [0, 0.05) is 12.6 Å². The van der Waals surface area contributed by atoms with Gasteiger partial charge >= 0.3 is 0 Å². The zero-order valence-corrected chi connectivity index (χ0v) is 14.2. The van der Waals surface area contributed by atoms with Gasteiger partial charge in [0.25, 0.3) is 0 Å². The Labute approximate surface area is 131 Å². The fourth-order valence-electron chi connectivity index (χ4n) is 4.45. The standard InChI is InChI=1S/C18H33N3/c1-4-6-16-8-11-21(13-16)12-9-17-7-5-10-18(17,14-19)20-15(2)3/h15-17,20H,4-13H2,1-3H3. The first-order chi connectivity index (χ1) is 10.1. The minimum Gasteiger partial charge on any atom is -0.303 e. The SMILES string of the molecule is CCCC1CCN(CCC2CCCC2(C#N)NC(C)C)C1. The van der Waals surface area contributed by atoms with E-state index < -0.39 is 0 Å². The topological polar surface area (TPSA) is 39.1 Å². The van der Waals surface area contributed by atoms with Crippen LogP contribution in [0.2, 0.25) is 0 Å². The first-order valence-corrected chi connectivity index (χ1v) is 9.01. The van der Waals surface area contributed by atoms with Crippen molar-refractivity contribution in [2.75, 3.05) is 19.6 Å². The fraction of sp³-hybridized carbons (Fsp3) is 0.944. The number of hydrogen-bond donors (Lipinski definition) is 1. The van der Waals surface area contributed by atoms with E-state index in [-0.39, 0.29) is 5.54 Å². The van der Waals surface area contributed by atoms with E-state index in [2.05, 4.69) is 37.1 Å². The van der Waals surface area contributed by atoms with Crippen LogP contribution >= 0.6 is 0 Å². The normalized spacial score (nSPS) is 33.7. The van der Waals surface area contributed by atoms with E-state index in [1.165, 1.54) is 58.2 Å². The molecule has 0 aromatic carbocycles. The van der Waals surface area contributed by atoms with Crippen LogP contribution in [0.1, 0.15) is 65.7 Å². The molecule has 2 fully saturated rings. The van der Waals surface area contributed by atoms with Crippen LogP contribution in [0.3, 0.4) is 0 Å². The van der Waals surface area contributed by atoms with Crippen molar-refractivity contribution in [2.45, 2.75) is 77.3 Å². The molecule has 0 aromatic heterocycles. The van der Waals surface area contributed by atoms with Gasteiger partial charge in [0.05, 0.1) is 6.07 Å². The lowest BCUT2D eigenvalue weighted by Crippen LogP contribution is -2.50. The van der Waals surface area contributed by atoms with Crippen LogP contribution in [0.5, 0.6) is 0 Å². The number of likely N-dealkylation sites (tertiary alicyclic amines) is 1. The molecule has 1 aliphatic carbocycles.